The Bertz CT molecular complexity index is 1120. The number of carbonyl (C=O) groups excluding carboxylic acids is 1. The number of nitrogens with zero attached hydrogens (tertiary/aromatic N) is 8. The highest BCUT2D eigenvalue weighted by molar-refractivity contribution is 6.11. The molecule has 12 heteroatoms. The van der Waals surface area contributed by atoms with E-state index < -0.39 is 5.91 Å². The number of aliphatic imine (C=N–C) groups is 3. The standard InChI is InChI=1S/C26H39N9O3.C3H8/c1-8-19(3)21(9-2)23-30-24(22(28-5)25(31-23)35-12-14-38-15-13-35)34(7)11-10-33(6)18-29-17-20(16-27-4)26(36)32-37;1-3-2/h8-9,16-17,37H,4-5,10-15,18H2,1-3,6-7H3,(H,32,36);3H2,1-2H3/b19-8-,20-16+,21-9+,29-17-;. The fourth-order valence-electron chi connectivity index (χ4n) is 3.73. The summed E-state index contributed by atoms with van der Waals surface area (Å²) in [6.45, 7) is 21.7. The molecule has 0 bridgehead atoms. The number of anilines is 2. The molecule has 226 valence electrons. The Hall–Kier alpha value is -3.74. The predicted octanol–water partition coefficient (Wildman–Crippen LogP) is 3.92. The SMILES string of the molecule is C=N/C=C(\C=N/CN(C)CCN(C)c1nc(C(=C/C)/C(C)=C\C)nc(N2CCOCC2)c1N=C)C(=O)NO.CCC. The molecule has 12 nitrogen and oxygen atoms in total. The molecular formula is C29H47N9O3. The van der Waals surface area contributed by atoms with Crippen LogP contribution in [0.1, 0.15) is 46.9 Å². The summed E-state index contributed by atoms with van der Waals surface area (Å²) in [4.78, 5) is 39.8. The minimum atomic E-state index is -0.711. The molecule has 2 heterocycles. The summed E-state index contributed by atoms with van der Waals surface area (Å²) in [5.41, 5.74) is 4.33. The number of allylic oxidation sites excluding steroid dienone is 4. The molecule has 1 aliphatic heterocycles. The number of nitrogens with one attached hydrogen (secondary N) is 1. The van der Waals surface area contributed by atoms with Crippen molar-refractivity contribution in [2.45, 2.75) is 41.0 Å². The second-order valence-corrected chi connectivity index (χ2v) is 9.34. The Morgan fingerprint density at radius 1 is 1.15 bits per heavy atom. The number of amides is 1. The molecule has 0 saturated carbocycles. The number of ether oxygens (including phenoxy) is 1. The number of hydroxylamine groups is 1. The number of hydrogen-bond donors (Lipinski definition) is 2. The van der Waals surface area contributed by atoms with Crippen molar-refractivity contribution in [3.63, 3.8) is 0 Å². The fraction of sp³-hybridized carbons (Fsp3) is 0.517. The highest BCUT2D eigenvalue weighted by Gasteiger charge is 2.24. The largest absolute Gasteiger partial charge is 0.378 e. The van der Waals surface area contributed by atoms with E-state index in [9.17, 15) is 4.79 Å². The molecule has 1 aliphatic rings. The molecule has 1 saturated heterocycles. The van der Waals surface area contributed by atoms with E-state index in [0.717, 1.165) is 17.0 Å². The lowest BCUT2D eigenvalue weighted by Crippen LogP contribution is -2.37. The van der Waals surface area contributed by atoms with E-state index in [4.69, 9.17) is 19.9 Å². The summed E-state index contributed by atoms with van der Waals surface area (Å²) in [5, 5.41) is 8.83. The zero-order valence-electron chi connectivity index (χ0n) is 25.7. The smallest absolute Gasteiger partial charge is 0.277 e. The van der Waals surface area contributed by atoms with Gasteiger partial charge in [-0.3, -0.25) is 29.9 Å². The highest BCUT2D eigenvalue weighted by Crippen LogP contribution is 2.37. The Morgan fingerprint density at radius 3 is 2.34 bits per heavy atom. The first-order valence-corrected chi connectivity index (χ1v) is 13.7. The van der Waals surface area contributed by atoms with Crippen LogP contribution < -0.4 is 15.3 Å². The Kier molecular flexibility index (Phi) is 16.7. The van der Waals surface area contributed by atoms with Crippen LogP contribution in [0.15, 0.2) is 44.5 Å². The lowest BCUT2D eigenvalue weighted by atomic mass is 10.1. The van der Waals surface area contributed by atoms with Gasteiger partial charge in [0.2, 0.25) is 0 Å². The Balaban J connectivity index is 0.00000268. The molecule has 0 unspecified atom stereocenters. The molecule has 2 N–H and O–H groups in total. The zero-order valence-corrected chi connectivity index (χ0v) is 25.7. The average Bonchev–Trinajstić information content (AvgIpc) is 2.99. The van der Waals surface area contributed by atoms with Gasteiger partial charge in [-0.15, -0.1) is 0 Å². The van der Waals surface area contributed by atoms with E-state index in [1.165, 1.54) is 18.8 Å². The van der Waals surface area contributed by atoms with E-state index >= 15 is 0 Å². The normalized spacial score (nSPS) is 14.6. The van der Waals surface area contributed by atoms with Gasteiger partial charge in [0.05, 0.1) is 25.5 Å². The summed E-state index contributed by atoms with van der Waals surface area (Å²) in [6.07, 6.45) is 7.88. The van der Waals surface area contributed by atoms with Crippen LogP contribution in [0, 0.1) is 0 Å². The molecule has 41 heavy (non-hydrogen) atoms. The third-order valence-corrected chi connectivity index (χ3v) is 6.03. The van der Waals surface area contributed by atoms with Gasteiger partial charge in [-0.05, 0) is 46.8 Å². The molecule has 0 atom stereocenters. The van der Waals surface area contributed by atoms with Crippen LogP contribution in [-0.4, -0.2) is 106 Å². The topological polar surface area (TPSA) is 131 Å². The molecule has 0 spiro atoms. The van der Waals surface area contributed by atoms with Gasteiger partial charge in [-0.2, -0.15) is 0 Å². The molecule has 0 radical (unpaired) electrons. The van der Waals surface area contributed by atoms with Crippen LogP contribution in [0.5, 0.6) is 0 Å². The third kappa shape index (κ3) is 11.0. The highest BCUT2D eigenvalue weighted by atomic mass is 16.5. The summed E-state index contributed by atoms with van der Waals surface area (Å²) in [6, 6.07) is 0. The molecule has 2 rings (SSSR count). The molecule has 0 aromatic carbocycles. The van der Waals surface area contributed by atoms with Crippen molar-refractivity contribution in [3.8, 4) is 0 Å². The zero-order chi connectivity index (χ0) is 30.8. The van der Waals surface area contributed by atoms with Crippen LogP contribution >= 0.6 is 0 Å². The molecular weight excluding hydrogens is 522 g/mol. The van der Waals surface area contributed by atoms with Crippen molar-refractivity contribution in [2.75, 3.05) is 70.0 Å². The monoisotopic (exact) mass is 569 g/mol. The van der Waals surface area contributed by atoms with Gasteiger partial charge in [0, 0.05) is 51.2 Å². The fourth-order valence-corrected chi connectivity index (χ4v) is 3.73. The van der Waals surface area contributed by atoms with E-state index in [-0.39, 0.29) is 5.57 Å². The number of hydrogen-bond acceptors (Lipinski definition) is 11. The molecule has 1 aromatic rings. The molecule has 1 fully saturated rings. The maximum absolute atomic E-state index is 11.6. The summed E-state index contributed by atoms with van der Waals surface area (Å²) < 4.78 is 5.55. The predicted molar refractivity (Wildman–Crippen MR) is 170 cm³/mol. The molecule has 1 aromatic heterocycles. The summed E-state index contributed by atoms with van der Waals surface area (Å²) >= 11 is 0. The van der Waals surface area contributed by atoms with Gasteiger partial charge in [0.25, 0.3) is 5.91 Å². The van der Waals surface area contributed by atoms with E-state index in [1.807, 2.05) is 56.8 Å². The van der Waals surface area contributed by atoms with Crippen LogP contribution in [-0.2, 0) is 9.53 Å². The van der Waals surface area contributed by atoms with Gasteiger partial charge in [-0.25, -0.2) is 15.4 Å². The second-order valence-electron chi connectivity index (χ2n) is 9.34. The number of morpholine rings is 1. The van der Waals surface area contributed by atoms with Crippen molar-refractivity contribution in [1.29, 1.82) is 0 Å². The lowest BCUT2D eigenvalue weighted by molar-refractivity contribution is -0.124. The number of carbonyl (C=O) groups is 1. The maximum atomic E-state index is 11.6. The van der Waals surface area contributed by atoms with Crippen molar-refractivity contribution in [3.05, 3.63) is 35.3 Å². The number of rotatable bonds is 13. The second kappa shape index (κ2) is 19.4. The van der Waals surface area contributed by atoms with Crippen molar-refractivity contribution < 1.29 is 14.7 Å². The van der Waals surface area contributed by atoms with Gasteiger partial charge < -0.3 is 14.5 Å². The third-order valence-electron chi connectivity index (χ3n) is 6.03. The molecule has 1 amide bonds. The van der Waals surface area contributed by atoms with Crippen molar-refractivity contribution in [2.24, 2.45) is 15.0 Å². The van der Waals surface area contributed by atoms with Gasteiger partial charge in [0.1, 0.15) is 5.69 Å². The van der Waals surface area contributed by atoms with Crippen LogP contribution in [0.3, 0.4) is 0 Å². The maximum Gasteiger partial charge on any atom is 0.277 e. The van der Waals surface area contributed by atoms with Crippen molar-refractivity contribution >= 4 is 48.5 Å². The Morgan fingerprint density at radius 2 is 1.80 bits per heavy atom. The minimum absolute atomic E-state index is 0.0927. The van der Waals surface area contributed by atoms with E-state index in [0.29, 0.717) is 63.4 Å². The van der Waals surface area contributed by atoms with Gasteiger partial charge >= 0.3 is 0 Å². The van der Waals surface area contributed by atoms with Crippen LogP contribution in [0.25, 0.3) is 5.57 Å². The van der Waals surface area contributed by atoms with Crippen molar-refractivity contribution in [1.82, 2.24) is 20.3 Å². The molecule has 0 aliphatic carbocycles. The average molecular weight is 570 g/mol. The van der Waals surface area contributed by atoms with Gasteiger partial charge in [0.15, 0.2) is 17.5 Å². The van der Waals surface area contributed by atoms with Gasteiger partial charge in [-0.1, -0.05) is 32.4 Å². The lowest BCUT2D eigenvalue weighted by Gasteiger charge is -2.31. The van der Waals surface area contributed by atoms with E-state index in [2.05, 4.69) is 47.2 Å². The van der Waals surface area contributed by atoms with Crippen LogP contribution in [0.4, 0.5) is 17.3 Å². The summed E-state index contributed by atoms with van der Waals surface area (Å²) in [7, 11) is 3.87. The minimum Gasteiger partial charge on any atom is -0.378 e. The first-order chi connectivity index (χ1) is 19.7. The quantitative estimate of drug-likeness (QED) is 0.120. The van der Waals surface area contributed by atoms with Crippen LogP contribution in [0.2, 0.25) is 0 Å². The van der Waals surface area contributed by atoms with E-state index in [1.54, 1.807) is 5.48 Å². The number of likely N-dealkylation sites (N-methyl/N-ethyl adjacent to an activating group) is 2. The number of aromatic nitrogens is 2. The first-order valence-electron chi connectivity index (χ1n) is 13.7. The Labute approximate surface area is 244 Å². The summed E-state index contributed by atoms with van der Waals surface area (Å²) in [5.74, 6) is 1.36. The first kappa shape index (κ1) is 35.3.